The highest BCUT2D eigenvalue weighted by atomic mass is 16.5. The largest absolute Gasteiger partial charge is 0.496 e. The molecule has 0 N–H and O–H groups in total. The lowest BCUT2D eigenvalue weighted by molar-refractivity contribution is 0.0567. The van der Waals surface area contributed by atoms with E-state index in [0.29, 0.717) is 35.3 Å². The number of methoxy groups -OCH3 is 3. The Morgan fingerprint density at radius 1 is 1.29 bits per heavy atom. The topological polar surface area (TPSA) is 57.9 Å². The monoisotopic (exact) mass is 288 g/mol. The molecule has 1 aromatic carbocycles. The summed E-state index contributed by atoms with van der Waals surface area (Å²) in [6, 6.07) is 3.39. The van der Waals surface area contributed by atoms with Crippen LogP contribution in [0.25, 0.3) is 11.0 Å². The summed E-state index contributed by atoms with van der Waals surface area (Å²) in [4.78, 5) is 11.6. The van der Waals surface area contributed by atoms with E-state index >= 15 is 0 Å². The third-order valence-electron chi connectivity index (χ3n) is 3.15. The summed E-state index contributed by atoms with van der Waals surface area (Å²) in [5, 5.41) is 0.657. The second-order valence-corrected chi connectivity index (χ2v) is 4.32. The minimum absolute atomic E-state index is 0.0956. The van der Waals surface area contributed by atoms with Crippen LogP contribution in [0.4, 0.5) is 0 Å². The first kappa shape index (κ1) is 14.8. The summed E-state index contributed by atoms with van der Waals surface area (Å²) in [6.45, 7) is 0. The molecule has 0 spiro atoms. The number of furan rings is 1. The third-order valence-corrected chi connectivity index (χ3v) is 3.15. The minimum Gasteiger partial charge on any atom is -0.496 e. The number of aryl methyl sites for hydroxylation is 1. The lowest BCUT2D eigenvalue weighted by Gasteiger charge is -2.11. The van der Waals surface area contributed by atoms with Gasteiger partial charge in [-0.1, -0.05) is 0 Å². The molecule has 0 radical (unpaired) electrons. The molecule has 1 heterocycles. The number of hydrogen-bond donors (Lipinski definition) is 0. The fourth-order valence-electron chi connectivity index (χ4n) is 2.19. The zero-order valence-corrected chi connectivity index (χ0v) is 12.2. The van der Waals surface area contributed by atoms with Gasteiger partial charge in [0, 0.05) is 12.5 Å². The molecule has 5 nitrogen and oxygen atoms in total. The van der Waals surface area contributed by atoms with Crippen LogP contribution in [0.5, 0.6) is 11.5 Å². The van der Waals surface area contributed by atoms with Gasteiger partial charge >= 0.3 is 5.97 Å². The fraction of sp³-hybridized carbons (Fsp3) is 0.312. The van der Waals surface area contributed by atoms with E-state index in [1.54, 1.807) is 13.2 Å². The van der Waals surface area contributed by atoms with E-state index in [1.165, 1.54) is 14.2 Å². The predicted octanol–water partition coefficient (Wildman–Crippen LogP) is 2.80. The van der Waals surface area contributed by atoms with Crippen molar-refractivity contribution in [2.24, 2.45) is 0 Å². The SMILES string of the molecule is C#CCCc1cc(OC)c2oc(C(=O)OC)cc2c1OC. The maximum atomic E-state index is 11.6. The van der Waals surface area contributed by atoms with Crippen molar-refractivity contribution in [1.82, 2.24) is 0 Å². The Morgan fingerprint density at radius 2 is 2.05 bits per heavy atom. The highest BCUT2D eigenvalue weighted by Crippen LogP contribution is 2.39. The van der Waals surface area contributed by atoms with Crippen molar-refractivity contribution in [3.63, 3.8) is 0 Å². The van der Waals surface area contributed by atoms with E-state index in [1.807, 2.05) is 6.07 Å². The van der Waals surface area contributed by atoms with E-state index in [2.05, 4.69) is 10.7 Å². The van der Waals surface area contributed by atoms with Crippen LogP contribution in [0, 0.1) is 12.3 Å². The highest BCUT2D eigenvalue weighted by molar-refractivity contribution is 5.97. The molecule has 2 rings (SSSR count). The number of hydrogen-bond acceptors (Lipinski definition) is 5. The van der Waals surface area contributed by atoms with E-state index in [-0.39, 0.29) is 5.76 Å². The third kappa shape index (κ3) is 2.65. The number of carbonyl (C=O) groups excluding carboxylic acids is 1. The molecule has 0 bridgehead atoms. The van der Waals surface area contributed by atoms with Gasteiger partial charge in [0.05, 0.1) is 26.7 Å². The smallest absolute Gasteiger partial charge is 0.373 e. The van der Waals surface area contributed by atoms with Crippen molar-refractivity contribution in [3.8, 4) is 23.8 Å². The molecule has 0 saturated heterocycles. The first-order valence-corrected chi connectivity index (χ1v) is 6.35. The number of rotatable bonds is 5. The van der Waals surface area contributed by atoms with Crippen molar-refractivity contribution in [2.75, 3.05) is 21.3 Å². The minimum atomic E-state index is -0.555. The number of fused-ring (bicyclic) bond motifs is 1. The molecule has 0 aliphatic heterocycles. The van der Waals surface area contributed by atoms with E-state index in [4.69, 9.17) is 20.3 Å². The molecule has 21 heavy (non-hydrogen) atoms. The molecular weight excluding hydrogens is 272 g/mol. The van der Waals surface area contributed by atoms with Crippen molar-refractivity contribution in [1.29, 1.82) is 0 Å². The molecule has 110 valence electrons. The molecule has 2 aromatic rings. The zero-order chi connectivity index (χ0) is 15.4. The first-order valence-electron chi connectivity index (χ1n) is 6.35. The number of esters is 1. The lowest BCUT2D eigenvalue weighted by atomic mass is 10.0. The van der Waals surface area contributed by atoms with E-state index in [0.717, 1.165) is 5.56 Å². The Bertz CT molecular complexity index is 706. The predicted molar refractivity (Wildman–Crippen MR) is 77.8 cm³/mol. The fourth-order valence-corrected chi connectivity index (χ4v) is 2.19. The number of benzene rings is 1. The normalized spacial score (nSPS) is 10.2. The van der Waals surface area contributed by atoms with Crippen LogP contribution >= 0.6 is 0 Å². The standard InChI is InChI=1S/C16H16O5/c1-5-6-7-10-8-12(18-2)15-11(14(10)19-3)9-13(21-15)16(17)20-4/h1,8-9H,6-7H2,2-4H3. The molecule has 0 aliphatic carbocycles. The lowest BCUT2D eigenvalue weighted by Crippen LogP contribution is -1.98. The second kappa shape index (κ2) is 6.23. The Balaban J connectivity index is 2.67. The van der Waals surface area contributed by atoms with Crippen LogP contribution in [0.15, 0.2) is 16.5 Å². The average molecular weight is 288 g/mol. The van der Waals surface area contributed by atoms with Gasteiger partial charge in [0.1, 0.15) is 5.75 Å². The van der Waals surface area contributed by atoms with Crippen LogP contribution in [-0.4, -0.2) is 27.3 Å². The van der Waals surface area contributed by atoms with Gasteiger partial charge in [0.15, 0.2) is 11.3 Å². The summed E-state index contributed by atoms with van der Waals surface area (Å²) in [7, 11) is 4.39. The molecule has 0 saturated carbocycles. The van der Waals surface area contributed by atoms with Crippen LogP contribution in [0.1, 0.15) is 22.5 Å². The van der Waals surface area contributed by atoms with Gasteiger partial charge in [-0.15, -0.1) is 12.3 Å². The summed E-state index contributed by atoms with van der Waals surface area (Å²) in [5.41, 5.74) is 1.34. The first-order chi connectivity index (χ1) is 10.2. The van der Waals surface area contributed by atoms with Gasteiger partial charge < -0.3 is 18.6 Å². The van der Waals surface area contributed by atoms with Crippen molar-refractivity contribution < 1.29 is 23.4 Å². The van der Waals surface area contributed by atoms with Gasteiger partial charge in [-0.3, -0.25) is 0 Å². The highest BCUT2D eigenvalue weighted by Gasteiger charge is 2.21. The van der Waals surface area contributed by atoms with Crippen LogP contribution in [0.3, 0.4) is 0 Å². The maximum absolute atomic E-state index is 11.6. The zero-order valence-electron chi connectivity index (χ0n) is 12.2. The van der Waals surface area contributed by atoms with Crippen molar-refractivity contribution in [2.45, 2.75) is 12.8 Å². The quantitative estimate of drug-likeness (QED) is 0.625. The van der Waals surface area contributed by atoms with Crippen molar-refractivity contribution >= 4 is 16.9 Å². The summed E-state index contributed by atoms with van der Waals surface area (Å²) in [6.07, 6.45) is 6.53. The molecule has 0 aliphatic rings. The Hall–Kier alpha value is -2.61. The van der Waals surface area contributed by atoms with Crippen LogP contribution in [-0.2, 0) is 11.2 Å². The summed E-state index contributed by atoms with van der Waals surface area (Å²) >= 11 is 0. The molecule has 0 fully saturated rings. The van der Waals surface area contributed by atoms with Gasteiger partial charge in [-0.05, 0) is 18.1 Å². The molecule has 0 unspecified atom stereocenters. The number of terminal acetylenes is 1. The van der Waals surface area contributed by atoms with Gasteiger partial charge in [0.2, 0.25) is 5.76 Å². The van der Waals surface area contributed by atoms with Crippen LogP contribution in [0.2, 0.25) is 0 Å². The van der Waals surface area contributed by atoms with Crippen molar-refractivity contribution in [3.05, 3.63) is 23.5 Å². The average Bonchev–Trinajstić information content (AvgIpc) is 2.95. The molecular formula is C16H16O5. The van der Waals surface area contributed by atoms with Gasteiger partial charge in [-0.25, -0.2) is 4.79 Å². The molecule has 0 atom stereocenters. The Labute approximate surface area is 122 Å². The van der Waals surface area contributed by atoms with Gasteiger partial charge in [0.25, 0.3) is 0 Å². The second-order valence-electron chi connectivity index (χ2n) is 4.32. The Kier molecular flexibility index (Phi) is 4.39. The molecule has 1 aromatic heterocycles. The maximum Gasteiger partial charge on any atom is 0.373 e. The number of carbonyl (C=O) groups is 1. The van der Waals surface area contributed by atoms with Gasteiger partial charge in [-0.2, -0.15) is 0 Å². The van der Waals surface area contributed by atoms with Crippen LogP contribution < -0.4 is 9.47 Å². The summed E-state index contributed by atoms with van der Waals surface area (Å²) in [5.74, 6) is 3.28. The summed E-state index contributed by atoms with van der Waals surface area (Å²) < 4.78 is 21.0. The molecule has 0 amide bonds. The Morgan fingerprint density at radius 3 is 2.62 bits per heavy atom. The molecule has 5 heteroatoms. The van der Waals surface area contributed by atoms with E-state index < -0.39 is 5.97 Å². The van der Waals surface area contributed by atoms with E-state index in [9.17, 15) is 4.79 Å². The number of ether oxygens (including phenoxy) is 3.